The van der Waals surface area contributed by atoms with Crippen LogP contribution in [0.25, 0.3) is 0 Å². The van der Waals surface area contributed by atoms with Gasteiger partial charge in [-0.3, -0.25) is 4.79 Å². The van der Waals surface area contributed by atoms with Crippen molar-refractivity contribution >= 4 is 5.78 Å². The first kappa shape index (κ1) is 17.4. The number of carbonyl (C=O) groups excluding carboxylic acids is 1. The Bertz CT molecular complexity index is 649. The quantitative estimate of drug-likeness (QED) is 0.726. The Balaban J connectivity index is 1.45. The normalized spacial score (nSPS) is 49.3. The second-order valence-corrected chi connectivity index (χ2v) is 9.83. The molecule has 144 valence electrons. The summed E-state index contributed by atoms with van der Waals surface area (Å²) in [6.07, 6.45) is 10.0. The molecule has 4 fully saturated rings. The molecule has 3 saturated carbocycles. The van der Waals surface area contributed by atoms with Crippen LogP contribution in [0.4, 0.5) is 0 Å². The van der Waals surface area contributed by atoms with Crippen molar-refractivity contribution < 1.29 is 19.4 Å². The van der Waals surface area contributed by atoms with Gasteiger partial charge in [-0.05, 0) is 74.2 Å². The first-order valence-electron chi connectivity index (χ1n) is 10.6. The molecule has 4 aliphatic carbocycles. The van der Waals surface area contributed by atoms with Gasteiger partial charge in [0, 0.05) is 18.8 Å². The number of hydrogen-bond acceptors (Lipinski definition) is 4. The van der Waals surface area contributed by atoms with Crippen LogP contribution >= 0.6 is 0 Å². The summed E-state index contributed by atoms with van der Waals surface area (Å²) in [5.74, 6) is 1.38. The van der Waals surface area contributed by atoms with Crippen molar-refractivity contribution in [2.75, 3.05) is 13.2 Å². The lowest BCUT2D eigenvalue weighted by molar-refractivity contribution is -0.222. The maximum atomic E-state index is 12.2. The minimum absolute atomic E-state index is 0.0940. The van der Waals surface area contributed by atoms with Gasteiger partial charge in [-0.15, -0.1) is 0 Å². The summed E-state index contributed by atoms with van der Waals surface area (Å²) < 4.78 is 11.9. The number of allylic oxidation sites excluding steroid dienone is 1. The highest BCUT2D eigenvalue weighted by Gasteiger charge is 2.61. The van der Waals surface area contributed by atoms with Gasteiger partial charge in [-0.25, -0.2) is 0 Å². The Labute approximate surface area is 156 Å². The van der Waals surface area contributed by atoms with Gasteiger partial charge >= 0.3 is 0 Å². The molecule has 1 heterocycles. The molecule has 5 rings (SSSR count). The zero-order valence-electron chi connectivity index (χ0n) is 16.1. The molecule has 6 atom stereocenters. The molecular formula is C22H32O4. The third-order valence-electron chi connectivity index (χ3n) is 8.81. The number of aliphatic hydroxyl groups is 1. The fourth-order valence-electron chi connectivity index (χ4n) is 7.53. The lowest BCUT2D eigenvalue weighted by Crippen LogP contribution is -2.57. The average Bonchev–Trinajstić information content (AvgIpc) is 3.20. The van der Waals surface area contributed by atoms with Crippen molar-refractivity contribution in [2.45, 2.75) is 76.6 Å². The zero-order valence-corrected chi connectivity index (χ0v) is 16.1. The lowest BCUT2D eigenvalue weighted by Gasteiger charge is -2.56. The van der Waals surface area contributed by atoms with E-state index >= 15 is 0 Å². The van der Waals surface area contributed by atoms with E-state index in [9.17, 15) is 9.90 Å². The summed E-state index contributed by atoms with van der Waals surface area (Å²) in [7, 11) is 0. The highest BCUT2D eigenvalue weighted by atomic mass is 16.7. The third-order valence-corrected chi connectivity index (χ3v) is 8.81. The van der Waals surface area contributed by atoms with Crippen LogP contribution in [0.15, 0.2) is 11.6 Å². The molecule has 0 amide bonds. The monoisotopic (exact) mass is 360 g/mol. The summed E-state index contributed by atoms with van der Waals surface area (Å²) in [5.41, 5.74) is 0.712. The third kappa shape index (κ3) is 2.21. The molecule has 0 aromatic carbocycles. The Morgan fingerprint density at radius 2 is 1.92 bits per heavy atom. The van der Waals surface area contributed by atoms with E-state index in [0.29, 0.717) is 30.8 Å². The van der Waals surface area contributed by atoms with Gasteiger partial charge in [0.05, 0.1) is 18.8 Å². The molecule has 1 saturated heterocycles. The molecule has 4 heteroatoms. The van der Waals surface area contributed by atoms with Crippen LogP contribution in [0.5, 0.6) is 0 Å². The highest BCUT2D eigenvalue weighted by Crippen LogP contribution is 2.64. The first-order chi connectivity index (χ1) is 12.4. The van der Waals surface area contributed by atoms with Crippen LogP contribution in [0.1, 0.15) is 65.2 Å². The summed E-state index contributed by atoms with van der Waals surface area (Å²) in [6.45, 7) is 5.47. The van der Waals surface area contributed by atoms with Crippen LogP contribution in [0.3, 0.4) is 0 Å². The number of ketones is 1. The summed E-state index contributed by atoms with van der Waals surface area (Å²) >= 11 is 0. The fourth-order valence-corrected chi connectivity index (χ4v) is 7.53. The molecule has 1 N–H and O–H groups in total. The van der Waals surface area contributed by atoms with Crippen molar-refractivity contribution in [1.29, 1.82) is 0 Å². The smallest absolute Gasteiger partial charge is 0.169 e. The minimum atomic E-state index is -0.681. The van der Waals surface area contributed by atoms with E-state index in [0.717, 1.165) is 51.4 Å². The van der Waals surface area contributed by atoms with Gasteiger partial charge < -0.3 is 14.6 Å². The van der Waals surface area contributed by atoms with Crippen LogP contribution in [0.2, 0.25) is 0 Å². The van der Waals surface area contributed by atoms with Gasteiger partial charge in [0.15, 0.2) is 5.79 Å². The van der Waals surface area contributed by atoms with E-state index in [2.05, 4.69) is 13.0 Å². The number of Topliss-reactive ketones (excluding diaryl/α,β-unsaturated/α-hetero) is 1. The van der Waals surface area contributed by atoms with Crippen LogP contribution < -0.4 is 0 Å². The van der Waals surface area contributed by atoms with Crippen LogP contribution in [0, 0.1) is 29.1 Å². The summed E-state index contributed by atoms with van der Waals surface area (Å²) in [4.78, 5) is 12.2. The number of ether oxygens (including phenoxy) is 2. The van der Waals surface area contributed by atoms with Crippen LogP contribution in [-0.2, 0) is 14.3 Å². The van der Waals surface area contributed by atoms with E-state index in [1.54, 1.807) is 6.92 Å². The molecule has 26 heavy (non-hydrogen) atoms. The van der Waals surface area contributed by atoms with E-state index in [-0.39, 0.29) is 17.3 Å². The molecule has 0 radical (unpaired) electrons. The van der Waals surface area contributed by atoms with Crippen molar-refractivity contribution in [3.63, 3.8) is 0 Å². The van der Waals surface area contributed by atoms with Crippen molar-refractivity contribution in [3.8, 4) is 0 Å². The fraction of sp³-hybridized carbons (Fsp3) is 0.864. The predicted molar refractivity (Wildman–Crippen MR) is 97.4 cm³/mol. The zero-order chi connectivity index (χ0) is 18.2. The van der Waals surface area contributed by atoms with Crippen molar-refractivity contribution in [2.24, 2.45) is 29.1 Å². The average molecular weight is 360 g/mol. The van der Waals surface area contributed by atoms with Gasteiger partial charge in [-0.2, -0.15) is 0 Å². The number of carbonyl (C=O) groups is 1. The SMILES string of the molecule is CC(=O)C1CCC2C3CCC4CC5(CCC4(O)C3=CCC12C)OCCO5. The molecule has 4 nitrogen and oxygen atoms in total. The van der Waals surface area contributed by atoms with Gasteiger partial charge in [0.25, 0.3) is 0 Å². The Morgan fingerprint density at radius 3 is 2.65 bits per heavy atom. The topological polar surface area (TPSA) is 55.8 Å². The number of hydrogen-bond donors (Lipinski definition) is 1. The molecule has 1 aliphatic heterocycles. The maximum absolute atomic E-state index is 12.2. The van der Waals surface area contributed by atoms with Gasteiger partial charge in [0.1, 0.15) is 5.78 Å². The van der Waals surface area contributed by atoms with Crippen molar-refractivity contribution in [1.82, 2.24) is 0 Å². The van der Waals surface area contributed by atoms with Crippen molar-refractivity contribution in [3.05, 3.63) is 11.6 Å². The number of fused-ring (bicyclic) bond motifs is 5. The van der Waals surface area contributed by atoms with E-state index in [1.807, 2.05) is 0 Å². The predicted octanol–water partition coefficient (Wildman–Crippen LogP) is 3.62. The standard InChI is InChI=1S/C22H32O4/c1-14(23)17-5-6-18-16-4-3-15-13-21(25-11-12-26-21)9-10-22(15,24)19(16)7-8-20(17,18)2/h7,15-18,24H,3-6,8-13H2,1-2H3. The molecule has 0 aromatic heterocycles. The molecule has 1 spiro atoms. The van der Waals surface area contributed by atoms with Crippen LogP contribution in [-0.4, -0.2) is 35.5 Å². The summed E-state index contributed by atoms with van der Waals surface area (Å²) in [5, 5.41) is 11.8. The molecule has 5 aliphatic rings. The van der Waals surface area contributed by atoms with E-state index in [4.69, 9.17) is 9.47 Å². The van der Waals surface area contributed by atoms with Gasteiger partial charge in [0.2, 0.25) is 0 Å². The van der Waals surface area contributed by atoms with E-state index in [1.165, 1.54) is 5.57 Å². The summed E-state index contributed by atoms with van der Waals surface area (Å²) in [6, 6.07) is 0. The molecular weight excluding hydrogens is 328 g/mol. The Morgan fingerprint density at radius 1 is 1.15 bits per heavy atom. The molecule has 0 bridgehead atoms. The Kier molecular flexibility index (Phi) is 3.78. The second kappa shape index (κ2) is 5.65. The van der Waals surface area contributed by atoms with E-state index < -0.39 is 11.4 Å². The lowest BCUT2D eigenvalue weighted by atomic mass is 9.52. The maximum Gasteiger partial charge on any atom is 0.169 e. The highest BCUT2D eigenvalue weighted by molar-refractivity contribution is 5.79. The molecule has 0 aromatic rings. The minimum Gasteiger partial charge on any atom is -0.385 e. The second-order valence-electron chi connectivity index (χ2n) is 9.83. The Hall–Kier alpha value is -0.710. The number of rotatable bonds is 1. The molecule has 6 unspecified atom stereocenters. The largest absolute Gasteiger partial charge is 0.385 e. The first-order valence-corrected chi connectivity index (χ1v) is 10.6. The van der Waals surface area contributed by atoms with Gasteiger partial charge in [-0.1, -0.05) is 13.0 Å².